The highest BCUT2D eigenvalue weighted by Crippen LogP contribution is 2.14. The van der Waals surface area contributed by atoms with Gasteiger partial charge in [0.25, 0.3) is 5.91 Å². The van der Waals surface area contributed by atoms with Crippen LogP contribution in [0.4, 0.5) is 4.79 Å². The van der Waals surface area contributed by atoms with E-state index in [4.69, 9.17) is 0 Å². The highest BCUT2D eigenvalue weighted by molar-refractivity contribution is 5.95. The summed E-state index contributed by atoms with van der Waals surface area (Å²) in [5.74, 6) is -0.0544. The number of fused-ring (bicyclic) bond motifs is 1. The van der Waals surface area contributed by atoms with Crippen molar-refractivity contribution < 1.29 is 9.59 Å². The number of rotatable bonds is 2. The van der Waals surface area contributed by atoms with Crippen LogP contribution in [0.5, 0.6) is 0 Å². The summed E-state index contributed by atoms with van der Waals surface area (Å²) in [4.78, 5) is 26.5. The molecule has 0 radical (unpaired) electrons. The lowest BCUT2D eigenvalue weighted by Gasteiger charge is -2.34. The quantitative estimate of drug-likeness (QED) is 0.881. The van der Waals surface area contributed by atoms with E-state index in [2.05, 4.69) is 10.6 Å². The Morgan fingerprint density at radius 3 is 2.52 bits per heavy atom. The van der Waals surface area contributed by atoms with Crippen molar-refractivity contribution >= 4 is 17.5 Å². The van der Waals surface area contributed by atoms with Gasteiger partial charge in [0, 0.05) is 42.6 Å². The number of piperidine rings is 1. The molecule has 0 spiro atoms. The molecule has 3 amide bonds. The number of hydrogen-bond acceptors (Lipinski definition) is 2. The molecule has 25 heavy (non-hydrogen) atoms. The molecule has 2 N–H and O–H groups in total. The number of nitrogens with one attached hydrogen (secondary N) is 2. The molecule has 3 rings (SSSR count). The average molecular weight is 342 g/mol. The third-order valence-electron chi connectivity index (χ3n) is 4.37. The molecule has 0 saturated carbocycles. The van der Waals surface area contributed by atoms with Gasteiger partial charge in [0.15, 0.2) is 0 Å². The number of likely N-dealkylation sites (tertiary alicyclic amines) is 1. The second-order valence-corrected chi connectivity index (χ2v) is 7.68. The van der Waals surface area contributed by atoms with Gasteiger partial charge in [0.05, 0.1) is 5.56 Å². The fourth-order valence-corrected chi connectivity index (χ4v) is 3.08. The zero-order valence-corrected chi connectivity index (χ0v) is 15.1. The predicted molar refractivity (Wildman–Crippen MR) is 97.7 cm³/mol. The van der Waals surface area contributed by atoms with Crippen LogP contribution in [-0.4, -0.2) is 45.9 Å². The number of nitrogens with zero attached hydrogens (tertiary/aromatic N) is 2. The standard InChI is InChI=1S/C19H26N4O2/c1-19(2,3)21-18(25)22-10-7-15(8-11-22)20-17(24)14-12-16-6-4-5-9-23(16)13-14/h4-6,9,12-13,15H,7-8,10-11H2,1-3H3,(H,20,24)(H,21,25). The molecule has 1 saturated heterocycles. The fourth-order valence-electron chi connectivity index (χ4n) is 3.08. The molecule has 134 valence electrons. The molecule has 6 heteroatoms. The van der Waals surface area contributed by atoms with E-state index in [1.165, 1.54) is 0 Å². The predicted octanol–water partition coefficient (Wildman–Crippen LogP) is 2.64. The second kappa shape index (κ2) is 6.78. The van der Waals surface area contributed by atoms with Gasteiger partial charge in [-0.3, -0.25) is 4.79 Å². The van der Waals surface area contributed by atoms with E-state index in [1.54, 1.807) is 0 Å². The van der Waals surface area contributed by atoms with Crippen molar-refractivity contribution in [3.8, 4) is 0 Å². The van der Waals surface area contributed by atoms with Crippen molar-refractivity contribution in [2.45, 2.75) is 45.2 Å². The third kappa shape index (κ3) is 4.32. The highest BCUT2D eigenvalue weighted by Gasteiger charge is 2.26. The van der Waals surface area contributed by atoms with E-state index in [-0.39, 0.29) is 23.5 Å². The molecule has 3 heterocycles. The second-order valence-electron chi connectivity index (χ2n) is 7.68. The molecule has 1 fully saturated rings. The summed E-state index contributed by atoms with van der Waals surface area (Å²) in [6.45, 7) is 7.23. The number of hydrogen-bond donors (Lipinski definition) is 2. The van der Waals surface area contributed by atoms with E-state index in [9.17, 15) is 9.59 Å². The molecule has 1 aliphatic heterocycles. The molecule has 2 aromatic heterocycles. The van der Waals surface area contributed by atoms with Crippen molar-refractivity contribution in [2.24, 2.45) is 0 Å². The smallest absolute Gasteiger partial charge is 0.317 e. The Labute approximate surface area is 148 Å². The summed E-state index contributed by atoms with van der Waals surface area (Å²) >= 11 is 0. The van der Waals surface area contributed by atoms with Crippen LogP contribution in [0.25, 0.3) is 5.52 Å². The zero-order chi connectivity index (χ0) is 18.0. The maximum atomic E-state index is 12.5. The molecule has 0 aromatic carbocycles. The Morgan fingerprint density at radius 1 is 1.16 bits per heavy atom. The van der Waals surface area contributed by atoms with Crippen LogP contribution in [0.15, 0.2) is 36.7 Å². The Morgan fingerprint density at radius 2 is 1.88 bits per heavy atom. The minimum Gasteiger partial charge on any atom is -0.349 e. The van der Waals surface area contributed by atoms with Gasteiger partial charge >= 0.3 is 6.03 Å². The van der Waals surface area contributed by atoms with Gasteiger partial charge in [-0.15, -0.1) is 0 Å². The number of amides is 3. The first kappa shape index (κ1) is 17.3. The van der Waals surface area contributed by atoms with Gasteiger partial charge < -0.3 is 19.9 Å². The third-order valence-corrected chi connectivity index (χ3v) is 4.37. The van der Waals surface area contributed by atoms with E-state index >= 15 is 0 Å². The van der Waals surface area contributed by atoms with Crippen LogP contribution in [0.2, 0.25) is 0 Å². The summed E-state index contributed by atoms with van der Waals surface area (Å²) in [6.07, 6.45) is 5.32. The molecule has 0 atom stereocenters. The summed E-state index contributed by atoms with van der Waals surface area (Å²) in [6, 6.07) is 7.83. The monoisotopic (exact) mass is 342 g/mol. The van der Waals surface area contributed by atoms with Crippen molar-refractivity contribution in [2.75, 3.05) is 13.1 Å². The number of pyridine rings is 1. The van der Waals surface area contributed by atoms with E-state index in [0.717, 1.165) is 18.4 Å². The fraction of sp³-hybridized carbons (Fsp3) is 0.474. The Kier molecular flexibility index (Phi) is 4.70. The number of carbonyl (C=O) groups is 2. The van der Waals surface area contributed by atoms with Gasteiger partial charge in [-0.1, -0.05) is 6.07 Å². The first-order valence-corrected chi connectivity index (χ1v) is 8.76. The Hall–Kier alpha value is -2.50. The van der Waals surface area contributed by atoms with E-state index < -0.39 is 0 Å². The molecule has 0 aliphatic carbocycles. The van der Waals surface area contributed by atoms with Crippen molar-refractivity contribution in [3.05, 3.63) is 42.2 Å². The number of urea groups is 1. The Bertz CT molecular complexity index is 734. The SMILES string of the molecule is CC(C)(C)NC(=O)N1CCC(NC(=O)c2cc3ccccn3c2)CC1. The van der Waals surface area contributed by atoms with Crippen molar-refractivity contribution in [1.82, 2.24) is 19.9 Å². The highest BCUT2D eigenvalue weighted by atomic mass is 16.2. The first-order chi connectivity index (χ1) is 11.8. The van der Waals surface area contributed by atoms with Crippen LogP contribution < -0.4 is 10.6 Å². The van der Waals surface area contributed by atoms with Crippen molar-refractivity contribution in [1.29, 1.82) is 0 Å². The van der Waals surface area contributed by atoms with Gasteiger partial charge in [-0.2, -0.15) is 0 Å². The molecule has 0 unspecified atom stereocenters. The lowest BCUT2D eigenvalue weighted by molar-refractivity contribution is 0.0917. The summed E-state index contributed by atoms with van der Waals surface area (Å²) < 4.78 is 1.94. The molecule has 6 nitrogen and oxygen atoms in total. The van der Waals surface area contributed by atoms with Crippen LogP contribution in [0.3, 0.4) is 0 Å². The van der Waals surface area contributed by atoms with Gasteiger partial charge in [-0.05, 0) is 51.8 Å². The van der Waals surface area contributed by atoms with Gasteiger partial charge in [-0.25, -0.2) is 4.79 Å². The molecular formula is C19H26N4O2. The van der Waals surface area contributed by atoms with Crippen LogP contribution in [-0.2, 0) is 0 Å². The van der Waals surface area contributed by atoms with Crippen LogP contribution in [0.1, 0.15) is 44.0 Å². The lowest BCUT2D eigenvalue weighted by atomic mass is 10.0. The maximum Gasteiger partial charge on any atom is 0.317 e. The van der Waals surface area contributed by atoms with Gasteiger partial charge in [0.2, 0.25) is 0 Å². The molecule has 0 bridgehead atoms. The Balaban J connectivity index is 1.53. The number of aromatic nitrogens is 1. The first-order valence-electron chi connectivity index (χ1n) is 8.76. The molecule has 2 aromatic rings. The number of carbonyl (C=O) groups excluding carboxylic acids is 2. The van der Waals surface area contributed by atoms with E-state index in [1.807, 2.05) is 66.7 Å². The lowest BCUT2D eigenvalue weighted by Crippen LogP contribution is -2.53. The van der Waals surface area contributed by atoms with Crippen LogP contribution in [0, 0.1) is 0 Å². The largest absolute Gasteiger partial charge is 0.349 e. The van der Waals surface area contributed by atoms with Crippen LogP contribution >= 0.6 is 0 Å². The minimum absolute atomic E-state index is 0.0315. The van der Waals surface area contributed by atoms with E-state index in [0.29, 0.717) is 18.7 Å². The molecule has 1 aliphatic rings. The summed E-state index contributed by atoms with van der Waals surface area (Å²) in [5, 5.41) is 6.08. The minimum atomic E-state index is -0.237. The topological polar surface area (TPSA) is 65.9 Å². The normalized spacial score (nSPS) is 16.0. The maximum absolute atomic E-state index is 12.5. The van der Waals surface area contributed by atoms with Gasteiger partial charge in [0.1, 0.15) is 0 Å². The molecular weight excluding hydrogens is 316 g/mol. The summed E-state index contributed by atoms with van der Waals surface area (Å²) in [7, 11) is 0. The zero-order valence-electron chi connectivity index (χ0n) is 15.1. The van der Waals surface area contributed by atoms with Crippen molar-refractivity contribution in [3.63, 3.8) is 0 Å². The average Bonchev–Trinajstić information content (AvgIpc) is 2.98. The summed E-state index contributed by atoms with van der Waals surface area (Å²) in [5.41, 5.74) is 1.43.